The number of hydrogen-bond donors (Lipinski definition) is 1. The zero-order valence-electron chi connectivity index (χ0n) is 13.7. The lowest BCUT2D eigenvalue weighted by atomic mass is 9.68. The van der Waals surface area contributed by atoms with E-state index in [4.69, 9.17) is 11.6 Å². The molecule has 2 saturated heterocycles. The fourth-order valence-electron chi connectivity index (χ4n) is 4.03. The number of nitrogens with one attached hydrogen (secondary N) is 1. The van der Waals surface area contributed by atoms with Crippen LogP contribution in [0.5, 0.6) is 0 Å². The summed E-state index contributed by atoms with van der Waals surface area (Å²) in [5.41, 5.74) is 0.695. The van der Waals surface area contributed by atoms with Gasteiger partial charge in [-0.2, -0.15) is 0 Å². The van der Waals surface area contributed by atoms with Crippen molar-refractivity contribution in [2.24, 2.45) is 5.41 Å². The summed E-state index contributed by atoms with van der Waals surface area (Å²) in [6.45, 7) is 8.94. The first-order chi connectivity index (χ1) is 10.4. The molecule has 0 aromatic heterocycles. The summed E-state index contributed by atoms with van der Waals surface area (Å²) in [5, 5.41) is 4.18. The van der Waals surface area contributed by atoms with Crippen LogP contribution in [0.15, 0.2) is 24.3 Å². The lowest BCUT2D eigenvalue weighted by molar-refractivity contribution is -0.141. The van der Waals surface area contributed by atoms with Crippen molar-refractivity contribution in [2.75, 3.05) is 19.6 Å². The third-order valence-corrected chi connectivity index (χ3v) is 5.63. The number of likely N-dealkylation sites (tertiary alicyclic amines) is 1. The van der Waals surface area contributed by atoms with E-state index in [-0.39, 0.29) is 16.9 Å². The number of halogens is 1. The van der Waals surface area contributed by atoms with Crippen molar-refractivity contribution in [3.05, 3.63) is 34.9 Å². The quantitative estimate of drug-likeness (QED) is 0.859. The number of piperidine rings is 1. The van der Waals surface area contributed by atoms with Gasteiger partial charge in [0.05, 0.1) is 5.41 Å². The summed E-state index contributed by atoms with van der Waals surface area (Å²) in [5.74, 6) is 0.501. The summed E-state index contributed by atoms with van der Waals surface area (Å²) < 4.78 is 0. The summed E-state index contributed by atoms with van der Waals surface area (Å²) in [7, 11) is 0. The van der Waals surface area contributed by atoms with Crippen molar-refractivity contribution in [2.45, 2.75) is 45.1 Å². The maximum atomic E-state index is 13.3. The number of carbonyl (C=O) groups excluding carboxylic acids is 1. The summed E-state index contributed by atoms with van der Waals surface area (Å²) in [4.78, 5) is 15.3. The number of amides is 1. The highest BCUT2D eigenvalue weighted by molar-refractivity contribution is 6.31. The molecular formula is C18H25ClN2O. The van der Waals surface area contributed by atoms with Crippen LogP contribution in [0.25, 0.3) is 0 Å². The van der Waals surface area contributed by atoms with Gasteiger partial charge in [-0.15, -0.1) is 0 Å². The van der Waals surface area contributed by atoms with Crippen molar-refractivity contribution in [1.29, 1.82) is 0 Å². The van der Waals surface area contributed by atoms with E-state index in [1.165, 1.54) is 0 Å². The lowest BCUT2D eigenvalue weighted by Gasteiger charge is -2.38. The van der Waals surface area contributed by atoms with Gasteiger partial charge in [0.25, 0.3) is 0 Å². The molecule has 1 amide bonds. The largest absolute Gasteiger partial charge is 0.337 e. The van der Waals surface area contributed by atoms with E-state index in [2.05, 4.69) is 37.1 Å². The van der Waals surface area contributed by atoms with Crippen molar-refractivity contribution < 1.29 is 4.79 Å². The van der Waals surface area contributed by atoms with Crippen LogP contribution in [-0.2, 0) is 4.79 Å². The van der Waals surface area contributed by atoms with Crippen molar-refractivity contribution in [1.82, 2.24) is 10.2 Å². The summed E-state index contributed by atoms with van der Waals surface area (Å²) in [6, 6.07) is 8.02. The van der Waals surface area contributed by atoms with E-state index in [0.717, 1.165) is 43.1 Å². The SMILES string of the molecule is CC(C)(C)N1CC(c2ccccc2Cl)C2(CCNCC2)C1=O. The highest BCUT2D eigenvalue weighted by atomic mass is 35.5. The molecule has 1 aromatic rings. The first-order valence-corrected chi connectivity index (χ1v) is 8.51. The van der Waals surface area contributed by atoms with Crippen molar-refractivity contribution in [3.63, 3.8) is 0 Å². The number of nitrogens with zero attached hydrogens (tertiary/aromatic N) is 1. The van der Waals surface area contributed by atoms with E-state index >= 15 is 0 Å². The molecule has 0 saturated carbocycles. The first-order valence-electron chi connectivity index (χ1n) is 8.13. The Morgan fingerprint density at radius 3 is 2.45 bits per heavy atom. The molecule has 1 N–H and O–H groups in total. The molecule has 1 aromatic carbocycles. The van der Waals surface area contributed by atoms with Gasteiger partial charge in [-0.3, -0.25) is 4.79 Å². The Morgan fingerprint density at radius 2 is 1.86 bits per heavy atom. The van der Waals surface area contributed by atoms with Crippen LogP contribution < -0.4 is 5.32 Å². The van der Waals surface area contributed by atoms with Crippen LogP contribution in [-0.4, -0.2) is 36.0 Å². The average molecular weight is 321 g/mol. The number of hydrogen-bond acceptors (Lipinski definition) is 2. The predicted octanol–water partition coefficient (Wildman–Crippen LogP) is 3.43. The zero-order valence-corrected chi connectivity index (χ0v) is 14.4. The van der Waals surface area contributed by atoms with Gasteiger partial charge in [-0.1, -0.05) is 29.8 Å². The summed E-state index contributed by atoms with van der Waals surface area (Å²) >= 11 is 6.47. The Kier molecular flexibility index (Phi) is 3.98. The molecule has 1 spiro atoms. The smallest absolute Gasteiger partial charge is 0.230 e. The van der Waals surface area contributed by atoms with Crippen LogP contribution in [0.4, 0.5) is 0 Å². The summed E-state index contributed by atoms with van der Waals surface area (Å²) in [6.07, 6.45) is 1.79. The fraction of sp³-hybridized carbons (Fsp3) is 0.611. The maximum absolute atomic E-state index is 13.3. The van der Waals surface area contributed by atoms with Gasteiger partial charge in [0.2, 0.25) is 5.91 Å². The van der Waals surface area contributed by atoms with E-state index < -0.39 is 0 Å². The van der Waals surface area contributed by atoms with Crippen molar-refractivity contribution >= 4 is 17.5 Å². The Balaban J connectivity index is 2.06. The topological polar surface area (TPSA) is 32.3 Å². The minimum atomic E-state index is -0.288. The molecule has 2 aliphatic heterocycles. The van der Waals surface area contributed by atoms with Crippen molar-refractivity contribution in [3.8, 4) is 0 Å². The number of rotatable bonds is 1. The molecule has 1 unspecified atom stereocenters. The van der Waals surface area contributed by atoms with Gasteiger partial charge in [0, 0.05) is 23.0 Å². The predicted molar refractivity (Wildman–Crippen MR) is 90.2 cm³/mol. The number of carbonyl (C=O) groups is 1. The molecule has 0 radical (unpaired) electrons. The van der Waals surface area contributed by atoms with Crippen LogP contribution in [0.3, 0.4) is 0 Å². The van der Waals surface area contributed by atoms with Gasteiger partial charge in [0.15, 0.2) is 0 Å². The van der Waals surface area contributed by atoms with E-state index in [1.807, 2.05) is 18.2 Å². The van der Waals surface area contributed by atoms with Gasteiger partial charge in [-0.05, 0) is 58.3 Å². The minimum Gasteiger partial charge on any atom is -0.337 e. The second-order valence-electron chi connectivity index (χ2n) is 7.57. The van der Waals surface area contributed by atoms with Crippen LogP contribution in [0.2, 0.25) is 5.02 Å². The Bertz CT molecular complexity index is 573. The highest BCUT2D eigenvalue weighted by Crippen LogP contribution is 2.52. The van der Waals surface area contributed by atoms with Gasteiger partial charge in [0.1, 0.15) is 0 Å². The van der Waals surface area contributed by atoms with E-state index in [9.17, 15) is 4.79 Å². The molecule has 2 aliphatic rings. The van der Waals surface area contributed by atoms with Crippen LogP contribution >= 0.6 is 11.6 Å². The Morgan fingerprint density at radius 1 is 1.23 bits per heavy atom. The lowest BCUT2D eigenvalue weighted by Crippen LogP contribution is -2.48. The molecule has 120 valence electrons. The standard InChI is InChI=1S/C18H25ClN2O/c1-17(2,3)21-12-14(13-6-4-5-7-15(13)19)18(16(21)22)8-10-20-11-9-18/h4-7,14,20H,8-12H2,1-3H3. The molecule has 4 heteroatoms. The highest BCUT2D eigenvalue weighted by Gasteiger charge is 2.56. The minimum absolute atomic E-state index is 0.148. The third kappa shape index (κ3) is 2.44. The first kappa shape index (κ1) is 15.8. The maximum Gasteiger partial charge on any atom is 0.230 e. The van der Waals surface area contributed by atoms with Gasteiger partial charge < -0.3 is 10.2 Å². The molecule has 1 atom stereocenters. The Labute approximate surface area is 138 Å². The molecule has 3 rings (SSSR count). The molecule has 3 nitrogen and oxygen atoms in total. The molecular weight excluding hydrogens is 296 g/mol. The molecule has 22 heavy (non-hydrogen) atoms. The third-order valence-electron chi connectivity index (χ3n) is 5.29. The molecule has 0 aliphatic carbocycles. The van der Waals surface area contributed by atoms with Crippen LogP contribution in [0.1, 0.15) is 45.1 Å². The molecule has 0 bridgehead atoms. The average Bonchev–Trinajstić information content (AvgIpc) is 2.74. The normalized spacial score (nSPS) is 25.0. The second kappa shape index (κ2) is 5.54. The zero-order chi connectivity index (χ0) is 16.0. The van der Waals surface area contributed by atoms with E-state index in [0.29, 0.717) is 5.91 Å². The van der Waals surface area contributed by atoms with Gasteiger partial charge >= 0.3 is 0 Å². The second-order valence-corrected chi connectivity index (χ2v) is 7.97. The Hall–Kier alpha value is -1.06. The fourth-order valence-corrected chi connectivity index (χ4v) is 4.29. The van der Waals surface area contributed by atoms with E-state index in [1.54, 1.807) is 0 Å². The van der Waals surface area contributed by atoms with Gasteiger partial charge in [-0.25, -0.2) is 0 Å². The van der Waals surface area contributed by atoms with Crippen LogP contribution in [0, 0.1) is 5.41 Å². The molecule has 2 heterocycles. The molecule has 2 fully saturated rings. The monoisotopic (exact) mass is 320 g/mol. The number of benzene rings is 1.